The number of fused-ring (bicyclic) bond motifs is 1. The van der Waals surface area contributed by atoms with Gasteiger partial charge in [-0.25, -0.2) is 13.1 Å². The summed E-state index contributed by atoms with van der Waals surface area (Å²) in [6.45, 7) is 0. The van der Waals surface area contributed by atoms with Crippen molar-refractivity contribution in [1.29, 1.82) is 0 Å². The summed E-state index contributed by atoms with van der Waals surface area (Å²) in [6, 6.07) is 4.49. The van der Waals surface area contributed by atoms with Crippen LogP contribution in [0.3, 0.4) is 0 Å². The van der Waals surface area contributed by atoms with E-state index < -0.39 is 10.0 Å². The minimum atomic E-state index is -3.87. The Morgan fingerprint density at radius 3 is 2.78 bits per heavy atom. The van der Waals surface area contributed by atoms with Crippen molar-refractivity contribution >= 4 is 27.6 Å². The molecule has 0 radical (unpaired) electrons. The van der Waals surface area contributed by atoms with Crippen molar-refractivity contribution in [3.63, 3.8) is 0 Å². The van der Waals surface area contributed by atoms with Crippen molar-refractivity contribution in [2.75, 3.05) is 16.7 Å². The second kappa shape index (κ2) is 6.95. The topological polar surface area (TPSA) is 105 Å². The van der Waals surface area contributed by atoms with Crippen LogP contribution >= 0.6 is 0 Å². The molecule has 0 saturated heterocycles. The number of likely N-dealkylation sites (N-methyl/N-ethyl adjacent to an activating group) is 1. The molecule has 0 unspecified atom stereocenters. The first-order chi connectivity index (χ1) is 12.9. The average molecular weight is 390 g/mol. The molecule has 144 valence electrons. The predicted octanol–water partition coefficient (Wildman–Crippen LogP) is 2.51. The van der Waals surface area contributed by atoms with E-state index in [1.807, 2.05) is 0 Å². The van der Waals surface area contributed by atoms with Crippen molar-refractivity contribution in [2.45, 2.75) is 49.8 Å². The molecule has 2 aliphatic rings. The van der Waals surface area contributed by atoms with Crippen LogP contribution in [0.2, 0.25) is 0 Å². The van der Waals surface area contributed by atoms with Crippen LogP contribution < -0.4 is 9.62 Å². The summed E-state index contributed by atoms with van der Waals surface area (Å²) in [7, 11) is -2.19. The Kier molecular flexibility index (Phi) is 4.63. The summed E-state index contributed by atoms with van der Waals surface area (Å²) in [5, 5.41) is 7.79. The number of sulfonamides is 1. The molecule has 1 aliphatic carbocycles. The van der Waals surface area contributed by atoms with Gasteiger partial charge in [0.25, 0.3) is 10.0 Å². The van der Waals surface area contributed by atoms with Gasteiger partial charge in [0.15, 0.2) is 0 Å². The molecule has 1 aliphatic heterocycles. The Bertz CT molecular complexity index is 963. The van der Waals surface area contributed by atoms with E-state index in [0.717, 1.165) is 18.5 Å². The molecule has 27 heavy (non-hydrogen) atoms. The third-order valence-electron chi connectivity index (χ3n) is 5.31. The zero-order valence-corrected chi connectivity index (χ0v) is 16.0. The summed E-state index contributed by atoms with van der Waals surface area (Å²) in [5.41, 5.74) is 1.42. The van der Waals surface area contributed by atoms with E-state index in [1.165, 1.54) is 36.3 Å². The number of rotatable bonds is 5. The average Bonchev–Trinajstić information content (AvgIpc) is 3.19. The van der Waals surface area contributed by atoms with Crippen LogP contribution in [0.4, 0.5) is 11.7 Å². The lowest BCUT2D eigenvalue weighted by atomic mass is 9.87. The molecule has 2 aromatic rings. The van der Waals surface area contributed by atoms with E-state index in [4.69, 9.17) is 4.42 Å². The van der Waals surface area contributed by atoms with E-state index in [2.05, 4.69) is 14.9 Å². The van der Waals surface area contributed by atoms with Crippen LogP contribution in [0.15, 0.2) is 27.5 Å². The number of hydrogen-bond donors (Lipinski definition) is 1. The molecule has 1 aromatic carbocycles. The van der Waals surface area contributed by atoms with Crippen LogP contribution in [0, 0.1) is 5.92 Å². The molecule has 2 heterocycles. The third kappa shape index (κ3) is 3.69. The molecule has 9 heteroatoms. The van der Waals surface area contributed by atoms with Crippen molar-refractivity contribution in [2.24, 2.45) is 5.92 Å². The van der Waals surface area contributed by atoms with Gasteiger partial charge in [-0.15, -0.1) is 5.10 Å². The number of carbonyl (C=O) groups is 1. The highest BCUT2D eigenvalue weighted by Gasteiger charge is 2.27. The van der Waals surface area contributed by atoms with Crippen molar-refractivity contribution < 1.29 is 17.6 Å². The van der Waals surface area contributed by atoms with Crippen molar-refractivity contribution in [1.82, 2.24) is 10.2 Å². The number of amides is 1. The van der Waals surface area contributed by atoms with Gasteiger partial charge < -0.3 is 9.32 Å². The summed E-state index contributed by atoms with van der Waals surface area (Å²) in [6.07, 6.45) is 6.87. The maximum atomic E-state index is 12.6. The Hall–Kier alpha value is -2.42. The van der Waals surface area contributed by atoms with Gasteiger partial charge in [-0.1, -0.05) is 24.4 Å². The molecular weight excluding hydrogens is 368 g/mol. The molecule has 4 rings (SSSR count). The van der Waals surface area contributed by atoms with Gasteiger partial charge in [-0.05, 0) is 42.5 Å². The number of carbonyl (C=O) groups excluding carboxylic acids is 1. The number of anilines is 2. The third-order valence-corrected chi connectivity index (χ3v) is 6.63. The maximum Gasteiger partial charge on any atom is 0.329 e. The Balaban J connectivity index is 1.48. The largest absolute Gasteiger partial charge is 0.407 e. The fourth-order valence-corrected chi connectivity index (χ4v) is 4.78. The maximum absolute atomic E-state index is 12.6. The second-order valence-electron chi connectivity index (χ2n) is 7.23. The normalized spacial score (nSPS) is 18.0. The van der Waals surface area contributed by atoms with E-state index in [-0.39, 0.29) is 23.2 Å². The molecule has 0 spiro atoms. The fourth-order valence-electron chi connectivity index (χ4n) is 3.80. The molecule has 1 aromatic heterocycles. The smallest absolute Gasteiger partial charge is 0.329 e. The predicted molar refractivity (Wildman–Crippen MR) is 98.9 cm³/mol. The SMILES string of the molecule is CN1C(=O)Cc2cc(S(=O)(=O)Nc3nnc(CC4CCCCC4)o3)ccc21. The standard InChI is InChI=1S/C18H22N4O4S/c1-22-15-8-7-14(10-13(15)11-17(22)23)27(24,25)21-18-20-19-16(26-18)9-12-5-3-2-4-6-12/h7-8,10,12H,2-6,9,11H2,1H3,(H,20,21). The second-order valence-corrected chi connectivity index (χ2v) is 8.92. The van der Waals surface area contributed by atoms with Crippen LogP contribution in [-0.4, -0.2) is 31.6 Å². The van der Waals surface area contributed by atoms with Gasteiger partial charge in [0.2, 0.25) is 11.8 Å². The lowest BCUT2D eigenvalue weighted by Gasteiger charge is -2.19. The van der Waals surface area contributed by atoms with E-state index in [9.17, 15) is 13.2 Å². The van der Waals surface area contributed by atoms with E-state index in [1.54, 1.807) is 13.1 Å². The lowest BCUT2D eigenvalue weighted by Crippen LogP contribution is -2.20. The van der Waals surface area contributed by atoms with Gasteiger partial charge in [0.1, 0.15) is 0 Å². The fraction of sp³-hybridized carbons (Fsp3) is 0.500. The van der Waals surface area contributed by atoms with E-state index in [0.29, 0.717) is 23.8 Å². The summed E-state index contributed by atoms with van der Waals surface area (Å²) >= 11 is 0. The van der Waals surface area contributed by atoms with Gasteiger partial charge in [0, 0.05) is 19.2 Å². The van der Waals surface area contributed by atoms with Gasteiger partial charge in [-0.3, -0.25) is 4.79 Å². The molecule has 1 saturated carbocycles. The van der Waals surface area contributed by atoms with Crippen LogP contribution in [0.25, 0.3) is 0 Å². The Morgan fingerprint density at radius 1 is 1.22 bits per heavy atom. The number of nitrogens with one attached hydrogen (secondary N) is 1. The quantitative estimate of drug-likeness (QED) is 0.841. The minimum absolute atomic E-state index is 0.0586. The lowest BCUT2D eigenvalue weighted by molar-refractivity contribution is -0.117. The zero-order chi connectivity index (χ0) is 19.0. The number of hydrogen-bond acceptors (Lipinski definition) is 6. The molecule has 1 fully saturated rings. The summed E-state index contributed by atoms with van der Waals surface area (Å²) < 4.78 is 33.1. The van der Waals surface area contributed by atoms with E-state index >= 15 is 0 Å². The highest BCUT2D eigenvalue weighted by Crippen LogP contribution is 2.30. The van der Waals surface area contributed by atoms with Gasteiger partial charge >= 0.3 is 6.01 Å². The molecule has 8 nitrogen and oxygen atoms in total. The van der Waals surface area contributed by atoms with Crippen LogP contribution in [0.1, 0.15) is 43.6 Å². The number of benzene rings is 1. The first-order valence-electron chi connectivity index (χ1n) is 9.17. The highest BCUT2D eigenvalue weighted by atomic mass is 32.2. The molecule has 1 N–H and O–H groups in total. The van der Waals surface area contributed by atoms with Gasteiger partial charge in [-0.2, -0.15) is 0 Å². The molecular formula is C18H22N4O4S. The number of aromatic nitrogens is 2. The van der Waals surface area contributed by atoms with Crippen LogP contribution in [0.5, 0.6) is 0 Å². The highest BCUT2D eigenvalue weighted by molar-refractivity contribution is 7.92. The first-order valence-corrected chi connectivity index (χ1v) is 10.7. The zero-order valence-electron chi connectivity index (χ0n) is 15.1. The molecule has 0 atom stereocenters. The number of nitrogens with zero attached hydrogens (tertiary/aromatic N) is 3. The van der Waals surface area contributed by atoms with Crippen molar-refractivity contribution in [3.05, 3.63) is 29.7 Å². The van der Waals surface area contributed by atoms with Crippen molar-refractivity contribution in [3.8, 4) is 0 Å². The molecule has 1 amide bonds. The summed E-state index contributed by atoms with van der Waals surface area (Å²) in [5.74, 6) is 0.924. The minimum Gasteiger partial charge on any atom is -0.407 e. The first kappa shape index (κ1) is 18.0. The Labute approximate surface area is 158 Å². The monoisotopic (exact) mass is 390 g/mol. The summed E-state index contributed by atoms with van der Waals surface area (Å²) in [4.78, 5) is 13.4. The molecule has 0 bridgehead atoms. The Morgan fingerprint density at radius 2 is 2.00 bits per heavy atom. The van der Waals surface area contributed by atoms with Crippen LogP contribution in [-0.2, 0) is 27.7 Å². The van der Waals surface area contributed by atoms with Gasteiger partial charge in [0.05, 0.1) is 11.3 Å².